The van der Waals surface area contributed by atoms with Gasteiger partial charge in [0.05, 0.1) is 0 Å². The molecule has 0 radical (unpaired) electrons. The fourth-order valence-electron chi connectivity index (χ4n) is 5.03. The molecule has 2 aromatic carbocycles. The maximum absolute atomic E-state index is 13.7. The van der Waals surface area contributed by atoms with E-state index in [9.17, 15) is 9.90 Å². The Labute approximate surface area is 231 Å². The zero-order chi connectivity index (χ0) is 29.0. The molecule has 2 nitrogen and oxygen atoms in total. The molecule has 0 unspecified atom stereocenters. The van der Waals surface area contributed by atoms with Crippen molar-refractivity contribution in [3.63, 3.8) is 0 Å². The number of carbonyl (C=O) groups is 1. The molecule has 0 fully saturated rings. The molecule has 3 rings (SSSR count). The molecule has 0 aromatic heterocycles. The fraction of sp³-hybridized carbons (Fsp3) is 0.472. The van der Waals surface area contributed by atoms with Crippen LogP contribution in [-0.2, 0) is 15.6 Å². The Bertz CT molecular complexity index is 1260. The van der Waals surface area contributed by atoms with Crippen molar-refractivity contribution in [2.75, 3.05) is 0 Å². The molecule has 0 bridgehead atoms. The maximum Gasteiger partial charge on any atom is 0.186 e. The molecule has 1 aliphatic carbocycles. The van der Waals surface area contributed by atoms with Crippen LogP contribution in [0.3, 0.4) is 0 Å². The summed E-state index contributed by atoms with van der Waals surface area (Å²) >= 11 is 0. The first kappa shape index (κ1) is 29.7. The molecule has 1 N–H and O–H groups in total. The number of phenolic OH excluding ortho intramolecular Hbond substituents is 1. The minimum atomic E-state index is -0.298. The van der Waals surface area contributed by atoms with Gasteiger partial charge in [-0.05, 0) is 75.1 Å². The zero-order valence-electron chi connectivity index (χ0n) is 26.0. The van der Waals surface area contributed by atoms with Gasteiger partial charge in [-0.3, -0.25) is 4.79 Å². The summed E-state index contributed by atoms with van der Waals surface area (Å²) in [5.41, 5.74) is 7.89. The molecule has 0 saturated heterocycles. The topological polar surface area (TPSA) is 37.3 Å². The Hall–Kier alpha value is -2.87. The van der Waals surface area contributed by atoms with Crippen LogP contribution < -0.4 is 0 Å². The highest BCUT2D eigenvalue weighted by Crippen LogP contribution is 2.45. The third-order valence-electron chi connectivity index (χ3n) is 7.35. The second-order valence-corrected chi connectivity index (χ2v) is 15.1. The van der Waals surface area contributed by atoms with Gasteiger partial charge >= 0.3 is 0 Å². The smallest absolute Gasteiger partial charge is 0.186 e. The number of aryl methyl sites for hydroxylation is 1. The van der Waals surface area contributed by atoms with E-state index in [0.29, 0.717) is 5.75 Å². The van der Waals surface area contributed by atoms with Gasteiger partial charge in [-0.2, -0.15) is 0 Å². The fourth-order valence-corrected chi connectivity index (χ4v) is 5.03. The Morgan fingerprint density at radius 2 is 1.00 bits per heavy atom. The van der Waals surface area contributed by atoms with E-state index in [2.05, 4.69) is 139 Å². The lowest BCUT2D eigenvalue weighted by Crippen LogP contribution is -2.28. The zero-order valence-corrected chi connectivity index (χ0v) is 26.0. The van der Waals surface area contributed by atoms with Crippen molar-refractivity contribution in [3.05, 3.63) is 93.1 Å². The van der Waals surface area contributed by atoms with Gasteiger partial charge in [0.15, 0.2) is 5.78 Å². The van der Waals surface area contributed by atoms with E-state index in [4.69, 9.17) is 0 Å². The molecule has 38 heavy (non-hydrogen) atoms. The van der Waals surface area contributed by atoms with E-state index in [0.717, 1.165) is 44.5 Å². The third kappa shape index (κ3) is 6.06. The predicted molar refractivity (Wildman–Crippen MR) is 163 cm³/mol. The van der Waals surface area contributed by atoms with Gasteiger partial charge < -0.3 is 5.11 Å². The van der Waals surface area contributed by atoms with Crippen molar-refractivity contribution < 1.29 is 9.90 Å². The number of phenols is 1. The standard InChI is InChI=1S/C36H48O2/c1-22-14-16-23(17-15-22)30(24-18-26(33(2,3)4)31(37)27(19-24)34(5,6)7)25-20-28(35(8,9)10)32(38)29(21-25)36(11,12)13/h14-21,37H,1-13H3. The molecule has 0 spiro atoms. The molecular formula is C36H48O2. The quantitative estimate of drug-likeness (QED) is 0.435. The van der Waals surface area contributed by atoms with Crippen molar-refractivity contribution in [3.8, 4) is 5.75 Å². The molecule has 0 amide bonds. The summed E-state index contributed by atoms with van der Waals surface area (Å²) in [5.74, 6) is 0.506. The third-order valence-corrected chi connectivity index (χ3v) is 7.35. The number of ketones is 1. The summed E-state index contributed by atoms with van der Waals surface area (Å²) in [5, 5.41) is 11.4. The van der Waals surface area contributed by atoms with E-state index in [-0.39, 0.29) is 27.4 Å². The van der Waals surface area contributed by atoms with Crippen LogP contribution in [0, 0.1) is 17.8 Å². The van der Waals surface area contributed by atoms with Gasteiger partial charge in [-0.1, -0.05) is 113 Å². The lowest BCUT2D eigenvalue weighted by Gasteiger charge is -2.32. The lowest BCUT2D eigenvalue weighted by atomic mass is 9.70. The lowest BCUT2D eigenvalue weighted by molar-refractivity contribution is -0.114. The minimum absolute atomic E-state index is 0.133. The van der Waals surface area contributed by atoms with Crippen LogP contribution in [0.25, 0.3) is 5.57 Å². The second-order valence-electron chi connectivity index (χ2n) is 15.1. The van der Waals surface area contributed by atoms with E-state index < -0.39 is 0 Å². The molecule has 2 heteroatoms. The number of hydrogen-bond acceptors (Lipinski definition) is 2. The van der Waals surface area contributed by atoms with Crippen LogP contribution in [0.2, 0.25) is 0 Å². The van der Waals surface area contributed by atoms with Gasteiger partial charge in [0.25, 0.3) is 0 Å². The molecule has 0 heterocycles. The van der Waals surface area contributed by atoms with E-state index in [1.165, 1.54) is 5.56 Å². The Morgan fingerprint density at radius 1 is 0.605 bits per heavy atom. The van der Waals surface area contributed by atoms with Crippen molar-refractivity contribution in [2.24, 2.45) is 10.8 Å². The van der Waals surface area contributed by atoms with Gasteiger partial charge in [0, 0.05) is 22.3 Å². The number of allylic oxidation sites excluding steroid dienone is 5. The van der Waals surface area contributed by atoms with Crippen molar-refractivity contribution in [1.29, 1.82) is 0 Å². The summed E-state index contributed by atoms with van der Waals surface area (Å²) in [6.07, 6.45) is 4.21. The Morgan fingerprint density at radius 3 is 1.34 bits per heavy atom. The highest BCUT2D eigenvalue weighted by molar-refractivity contribution is 6.12. The normalized spacial score (nSPS) is 15.4. The molecule has 0 aliphatic heterocycles. The SMILES string of the molecule is Cc1ccc(C(=C2C=C(C(C)(C)C)C(=O)C(C(C)(C)C)=C2)c2cc(C(C)(C)C)c(O)c(C(C)(C)C)c2)cc1. The van der Waals surface area contributed by atoms with E-state index >= 15 is 0 Å². The van der Waals surface area contributed by atoms with Crippen molar-refractivity contribution >= 4 is 11.4 Å². The van der Waals surface area contributed by atoms with Gasteiger partial charge in [-0.25, -0.2) is 0 Å². The van der Waals surface area contributed by atoms with Crippen LogP contribution in [0.5, 0.6) is 5.75 Å². The first-order valence-electron chi connectivity index (χ1n) is 13.8. The van der Waals surface area contributed by atoms with Gasteiger partial charge in [-0.15, -0.1) is 0 Å². The largest absolute Gasteiger partial charge is 0.507 e. The van der Waals surface area contributed by atoms with Gasteiger partial charge in [0.2, 0.25) is 0 Å². The van der Waals surface area contributed by atoms with Crippen LogP contribution in [0.15, 0.2) is 65.3 Å². The number of hydrogen-bond donors (Lipinski definition) is 1. The highest BCUT2D eigenvalue weighted by Gasteiger charge is 2.35. The van der Waals surface area contributed by atoms with Crippen molar-refractivity contribution in [1.82, 2.24) is 0 Å². The first-order valence-corrected chi connectivity index (χ1v) is 13.8. The maximum atomic E-state index is 13.7. The summed E-state index contributed by atoms with van der Waals surface area (Å²) in [6, 6.07) is 12.9. The number of carbonyl (C=O) groups excluding carboxylic acids is 1. The first-order chi connectivity index (χ1) is 17.1. The minimum Gasteiger partial charge on any atom is -0.507 e. The van der Waals surface area contributed by atoms with Crippen LogP contribution in [0.4, 0.5) is 0 Å². The molecule has 0 atom stereocenters. The molecule has 0 saturated carbocycles. The second kappa shape index (κ2) is 9.70. The van der Waals surface area contributed by atoms with Gasteiger partial charge in [0.1, 0.15) is 5.75 Å². The average Bonchev–Trinajstić information content (AvgIpc) is 2.73. The number of rotatable bonds is 2. The van der Waals surface area contributed by atoms with Crippen molar-refractivity contribution in [2.45, 2.75) is 101 Å². The average molecular weight is 513 g/mol. The monoisotopic (exact) mass is 512 g/mol. The predicted octanol–water partition coefficient (Wildman–Crippen LogP) is 9.63. The number of benzene rings is 2. The van der Waals surface area contributed by atoms with E-state index in [1.54, 1.807) is 0 Å². The summed E-state index contributed by atoms with van der Waals surface area (Å²) in [4.78, 5) is 13.7. The molecule has 1 aliphatic rings. The molecule has 204 valence electrons. The number of Topliss-reactive ketones (excluding diaryl/α,β-unsaturated/α-hetero) is 1. The van der Waals surface area contributed by atoms with E-state index in [1.807, 2.05) is 0 Å². The Kier molecular flexibility index (Phi) is 7.58. The molecule has 2 aromatic rings. The Balaban J connectivity index is 2.58. The van der Waals surface area contributed by atoms with Crippen LogP contribution in [0.1, 0.15) is 111 Å². The summed E-state index contributed by atoms with van der Waals surface area (Å²) in [7, 11) is 0. The van der Waals surface area contributed by atoms with Crippen LogP contribution >= 0.6 is 0 Å². The van der Waals surface area contributed by atoms with Crippen LogP contribution in [-0.4, -0.2) is 10.9 Å². The highest BCUT2D eigenvalue weighted by atomic mass is 16.3. The summed E-state index contributed by atoms with van der Waals surface area (Å²) < 4.78 is 0. The summed E-state index contributed by atoms with van der Waals surface area (Å²) in [6.45, 7) is 27.6. The molecular weight excluding hydrogens is 464 g/mol. The number of aromatic hydroxyl groups is 1.